The highest BCUT2D eigenvalue weighted by Crippen LogP contribution is 2.41. The number of nitrogens with zero attached hydrogens (tertiary/aromatic N) is 2. The highest BCUT2D eigenvalue weighted by atomic mass is 35.5. The number of halogens is 1. The van der Waals surface area contributed by atoms with Crippen LogP contribution in [0, 0.1) is 0 Å². The van der Waals surface area contributed by atoms with Gasteiger partial charge in [-0.1, -0.05) is 49.4 Å². The van der Waals surface area contributed by atoms with Gasteiger partial charge < -0.3 is 15.5 Å². The molecule has 2 aromatic rings. The monoisotopic (exact) mass is 442 g/mol. The van der Waals surface area contributed by atoms with Crippen molar-refractivity contribution in [2.75, 3.05) is 29.9 Å². The van der Waals surface area contributed by atoms with Crippen LogP contribution in [0.4, 0.5) is 11.5 Å². The van der Waals surface area contributed by atoms with Crippen molar-refractivity contribution in [3.63, 3.8) is 0 Å². The van der Waals surface area contributed by atoms with Crippen molar-refractivity contribution in [2.24, 2.45) is 0 Å². The third-order valence-electron chi connectivity index (χ3n) is 6.54. The van der Waals surface area contributed by atoms with Crippen LogP contribution in [-0.2, 0) is 5.41 Å². The second kappa shape index (κ2) is 9.97. The molecule has 30 heavy (non-hydrogen) atoms. The average Bonchev–Trinajstić information content (AvgIpc) is 3.08. The summed E-state index contributed by atoms with van der Waals surface area (Å²) in [5.74, 6) is 1.06. The molecule has 160 valence electrons. The minimum atomic E-state index is 0.130. The lowest BCUT2D eigenvalue weighted by Crippen LogP contribution is -2.40. The molecule has 0 amide bonds. The molecule has 2 aliphatic rings. The van der Waals surface area contributed by atoms with E-state index in [0.29, 0.717) is 5.11 Å². The van der Waals surface area contributed by atoms with Crippen LogP contribution in [0.1, 0.15) is 56.9 Å². The van der Waals surface area contributed by atoms with E-state index >= 15 is 0 Å². The SMILES string of the molecule is S=C(NCC1(c2ccc(Cl)cc2)CCCC1)Nc1ccc(N2CCCCCC2)nc1. The number of thiocarbonyl (C=S) groups is 1. The van der Waals surface area contributed by atoms with Crippen LogP contribution in [0.15, 0.2) is 42.6 Å². The van der Waals surface area contributed by atoms with E-state index in [9.17, 15) is 0 Å². The zero-order chi connectivity index (χ0) is 20.8. The first kappa shape index (κ1) is 21.4. The Morgan fingerprint density at radius 1 is 0.967 bits per heavy atom. The summed E-state index contributed by atoms with van der Waals surface area (Å²) < 4.78 is 0. The van der Waals surface area contributed by atoms with Crippen LogP contribution in [0.2, 0.25) is 5.02 Å². The molecule has 0 atom stereocenters. The third-order valence-corrected chi connectivity index (χ3v) is 7.04. The number of hydrogen-bond acceptors (Lipinski definition) is 3. The number of anilines is 2. The molecular weight excluding hydrogens is 412 g/mol. The molecular formula is C24H31ClN4S. The van der Waals surface area contributed by atoms with Crippen molar-refractivity contribution in [2.45, 2.75) is 56.8 Å². The lowest BCUT2D eigenvalue weighted by Gasteiger charge is -2.30. The van der Waals surface area contributed by atoms with Crippen LogP contribution in [0.25, 0.3) is 0 Å². The molecule has 1 saturated heterocycles. The van der Waals surface area contributed by atoms with Crippen molar-refractivity contribution >= 4 is 40.4 Å². The molecule has 1 saturated carbocycles. The van der Waals surface area contributed by atoms with Gasteiger partial charge in [0.1, 0.15) is 5.82 Å². The van der Waals surface area contributed by atoms with Gasteiger partial charge in [0, 0.05) is 30.1 Å². The zero-order valence-electron chi connectivity index (χ0n) is 17.5. The topological polar surface area (TPSA) is 40.2 Å². The maximum absolute atomic E-state index is 6.09. The van der Waals surface area contributed by atoms with Crippen molar-refractivity contribution in [3.05, 3.63) is 53.2 Å². The van der Waals surface area contributed by atoms with Gasteiger partial charge in [0.2, 0.25) is 0 Å². The average molecular weight is 443 g/mol. The number of pyridine rings is 1. The molecule has 2 N–H and O–H groups in total. The predicted octanol–water partition coefficient (Wildman–Crippen LogP) is 5.91. The van der Waals surface area contributed by atoms with Gasteiger partial charge >= 0.3 is 0 Å². The quantitative estimate of drug-likeness (QED) is 0.563. The maximum Gasteiger partial charge on any atom is 0.170 e. The molecule has 0 unspecified atom stereocenters. The number of rotatable bonds is 5. The lowest BCUT2D eigenvalue weighted by atomic mass is 9.79. The van der Waals surface area contributed by atoms with E-state index in [1.165, 1.54) is 56.9 Å². The normalized spacial score (nSPS) is 18.6. The Morgan fingerprint density at radius 3 is 2.30 bits per heavy atom. The first-order valence-electron chi connectivity index (χ1n) is 11.2. The molecule has 4 rings (SSSR count). The molecule has 2 heterocycles. The van der Waals surface area contributed by atoms with Crippen molar-refractivity contribution in [1.29, 1.82) is 0 Å². The van der Waals surface area contributed by atoms with E-state index in [4.69, 9.17) is 23.8 Å². The first-order chi connectivity index (χ1) is 14.6. The number of benzene rings is 1. The van der Waals surface area contributed by atoms with Crippen LogP contribution in [0.3, 0.4) is 0 Å². The van der Waals surface area contributed by atoms with E-state index in [1.54, 1.807) is 0 Å². The summed E-state index contributed by atoms with van der Waals surface area (Å²) in [5, 5.41) is 8.20. The fourth-order valence-corrected chi connectivity index (χ4v) is 5.11. The first-order valence-corrected chi connectivity index (χ1v) is 12.0. The summed E-state index contributed by atoms with van der Waals surface area (Å²) in [4.78, 5) is 7.06. The van der Waals surface area contributed by atoms with Gasteiger partial charge in [0.15, 0.2) is 5.11 Å². The van der Waals surface area contributed by atoms with Gasteiger partial charge in [-0.15, -0.1) is 0 Å². The van der Waals surface area contributed by atoms with Gasteiger partial charge in [-0.3, -0.25) is 0 Å². The second-order valence-electron chi connectivity index (χ2n) is 8.61. The summed E-state index contributed by atoms with van der Waals surface area (Å²) in [5.41, 5.74) is 2.41. The summed E-state index contributed by atoms with van der Waals surface area (Å²) in [6, 6.07) is 12.5. The maximum atomic E-state index is 6.09. The zero-order valence-corrected chi connectivity index (χ0v) is 19.1. The number of aromatic nitrogens is 1. The second-order valence-corrected chi connectivity index (χ2v) is 9.45. The standard InChI is InChI=1S/C24H31ClN4S/c25-20-9-7-19(8-10-20)24(13-3-4-14-24)18-27-23(30)28-21-11-12-22(26-17-21)29-15-5-1-2-6-16-29/h7-12,17H,1-6,13-16,18H2,(H2,27,28,30). The van der Waals surface area contributed by atoms with Crippen molar-refractivity contribution < 1.29 is 0 Å². The molecule has 1 aliphatic carbocycles. The van der Waals surface area contributed by atoms with Crippen LogP contribution < -0.4 is 15.5 Å². The summed E-state index contributed by atoms with van der Waals surface area (Å²) >= 11 is 11.7. The molecule has 0 bridgehead atoms. The Balaban J connectivity index is 1.34. The molecule has 1 aromatic carbocycles. The van der Waals surface area contributed by atoms with Crippen molar-refractivity contribution in [3.8, 4) is 0 Å². The Labute approximate surface area is 190 Å². The van der Waals surface area contributed by atoms with Gasteiger partial charge in [-0.05, 0) is 67.7 Å². The fraction of sp³-hybridized carbons (Fsp3) is 0.500. The van der Waals surface area contributed by atoms with E-state index in [2.05, 4.69) is 44.8 Å². The minimum Gasteiger partial charge on any atom is -0.362 e. The molecule has 6 heteroatoms. The molecule has 1 aromatic heterocycles. The van der Waals surface area contributed by atoms with Crippen molar-refractivity contribution in [1.82, 2.24) is 10.3 Å². The fourth-order valence-electron chi connectivity index (χ4n) is 4.79. The van der Waals surface area contributed by atoms with Crippen LogP contribution >= 0.6 is 23.8 Å². The van der Waals surface area contributed by atoms with E-state index in [1.807, 2.05) is 18.3 Å². The number of hydrogen-bond donors (Lipinski definition) is 2. The minimum absolute atomic E-state index is 0.130. The molecule has 0 radical (unpaired) electrons. The Kier molecular flexibility index (Phi) is 7.11. The Bertz CT molecular complexity index is 823. The molecule has 1 aliphatic heterocycles. The molecule has 0 spiro atoms. The molecule has 4 nitrogen and oxygen atoms in total. The summed E-state index contributed by atoms with van der Waals surface area (Å²) in [6.45, 7) is 3.04. The summed E-state index contributed by atoms with van der Waals surface area (Å²) in [6.07, 6.45) is 11.9. The van der Waals surface area contributed by atoms with E-state index in [0.717, 1.165) is 36.2 Å². The molecule has 2 fully saturated rings. The largest absolute Gasteiger partial charge is 0.362 e. The lowest BCUT2D eigenvalue weighted by molar-refractivity contribution is 0.435. The Hall–Kier alpha value is -1.85. The smallest absolute Gasteiger partial charge is 0.170 e. The van der Waals surface area contributed by atoms with Gasteiger partial charge in [0.05, 0.1) is 11.9 Å². The van der Waals surface area contributed by atoms with Gasteiger partial charge in [-0.25, -0.2) is 4.98 Å². The van der Waals surface area contributed by atoms with Crippen LogP contribution in [0.5, 0.6) is 0 Å². The van der Waals surface area contributed by atoms with Gasteiger partial charge in [0.25, 0.3) is 0 Å². The number of nitrogens with one attached hydrogen (secondary N) is 2. The van der Waals surface area contributed by atoms with E-state index < -0.39 is 0 Å². The predicted molar refractivity (Wildman–Crippen MR) is 131 cm³/mol. The Morgan fingerprint density at radius 2 is 1.67 bits per heavy atom. The third kappa shape index (κ3) is 5.25. The highest BCUT2D eigenvalue weighted by molar-refractivity contribution is 7.80. The summed E-state index contributed by atoms with van der Waals surface area (Å²) in [7, 11) is 0. The van der Waals surface area contributed by atoms with E-state index in [-0.39, 0.29) is 5.41 Å². The highest BCUT2D eigenvalue weighted by Gasteiger charge is 2.35. The van der Waals surface area contributed by atoms with Crippen LogP contribution in [-0.4, -0.2) is 29.7 Å². The van der Waals surface area contributed by atoms with Gasteiger partial charge in [-0.2, -0.15) is 0 Å².